The van der Waals surface area contributed by atoms with E-state index in [9.17, 15) is 8.42 Å². The number of ether oxygens (including phenoxy) is 1. The maximum absolute atomic E-state index is 12.0. The fourth-order valence-corrected chi connectivity index (χ4v) is 2.88. The molecule has 0 saturated carbocycles. The predicted octanol–water partition coefficient (Wildman–Crippen LogP) is 0.850. The first-order chi connectivity index (χ1) is 8.51. The molecule has 0 amide bonds. The van der Waals surface area contributed by atoms with E-state index >= 15 is 0 Å². The van der Waals surface area contributed by atoms with Crippen molar-refractivity contribution in [1.29, 1.82) is 0 Å². The molecule has 1 saturated heterocycles. The van der Waals surface area contributed by atoms with Crippen LogP contribution in [0.4, 0.5) is 0 Å². The van der Waals surface area contributed by atoms with Crippen LogP contribution in [0.2, 0.25) is 0 Å². The SMILES string of the molecule is Cc1ccc(S(=O)(=O)OC2COC(CO)C2)cc1. The molecule has 0 radical (unpaired) electrons. The number of hydrogen-bond acceptors (Lipinski definition) is 5. The number of benzene rings is 1. The summed E-state index contributed by atoms with van der Waals surface area (Å²) >= 11 is 0. The second-order valence-corrected chi connectivity index (χ2v) is 5.93. The average Bonchev–Trinajstić information content (AvgIpc) is 2.76. The van der Waals surface area contributed by atoms with E-state index in [4.69, 9.17) is 14.0 Å². The third kappa shape index (κ3) is 3.08. The van der Waals surface area contributed by atoms with Crippen LogP contribution in [-0.4, -0.2) is 38.9 Å². The standard InChI is InChI=1S/C12H16O5S/c1-9-2-4-12(5-3-9)18(14,15)17-11-6-10(7-13)16-8-11/h2-5,10-11,13H,6-8H2,1H3. The van der Waals surface area contributed by atoms with E-state index in [1.165, 1.54) is 12.1 Å². The van der Waals surface area contributed by atoms with E-state index in [1.54, 1.807) is 12.1 Å². The zero-order chi connectivity index (χ0) is 13.2. The molecule has 100 valence electrons. The highest BCUT2D eigenvalue weighted by atomic mass is 32.2. The highest BCUT2D eigenvalue weighted by Crippen LogP contribution is 2.21. The van der Waals surface area contributed by atoms with Crippen molar-refractivity contribution in [2.24, 2.45) is 0 Å². The largest absolute Gasteiger partial charge is 0.394 e. The first-order valence-electron chi connectivity index (χ1n) is 5.73. The van der Waals surface area contributed by atoms with Gasteiger partial charge in [0, 0.05) is 6.42 Å². The van der Waals surface area contributed by atoms with E-state index in [0.29, 0.717) is 6.42 Å². The van der Waals surface area contributed by atoms with Crippen LogP contribution in [-0.2, 0) is 19.0 Å². The molecule has 6 heteroatoms. The first kappa shape index (κ1) is 13.5. The molecule has 1 aliphatic heterocycles. The minimum atomic E-state index is -3.75. The van der Waals surface area contributed by atoms with Crippen LogP contribution in [0.25, 0.3) is 0 Å². The van der Waals surface area contributed by atoms with Crippen molar-refractivity contribution in [3.05, 3.63) is 29.8 Å². The molecule has 1 aromatic rings. The van der Waals surface area contributed by atoms with Gasteiger partial charge in [0.15, 0.2) is 0 Å². The van der Waals surface area contributed by atoms with E-state index in [1.807, 2.05) is 6.92 Å². The predicted molar refractivity (Wildman–Crippen MR) is 64.7 cm³/mol. The number of aryl methyl sites for hydroxylation is 1. The highest BCUT2D eigenvalue weighted by Gasteiger charge is 2.30. The van der Waals surface area contributed by atoms with Crippen molar-refractivity contribution in [3.8, 4) is 0 Å². The van der Waals surface area contributed by atoms with Crippen LogP contribution in [0, 0.1) is 6.92 Å². The second kappa shape index (κ2) is 5.36. The summed E-state index contributed by atoms with van der Waals surface area (Å²) in [6, 6.07) is 6.48. The molecule has 0 bridgehead atoms. The molecule has 0 aromatic heterocycles. The Balaban J connectivity index is 2.06. The van der Waals surface area contributed by atoms with Gasteiger partial charge in [-0.25, -0.2) is 0 Å². The van der Waals surface area contributed by atoms with E-state index in [2.05, 4.69) is 0 Å². The van der Waals surface area contributed by atoms with Crippen LogP contribution in [0.1, 0.15) is 12.0 Å². The maximum Gasteiger partial charge on any atom is 0.297 e. The minimum absolute atomic E-state index is 0.121. The highest BCUT2D eigenvalue weighted by molar-refractivity contribution is 7.86. The molecule has 1 fully saturated rings. The van der Waals surface area contributed by atoms with Gasteiger partial charge in [-0.1, -0.05) is 17.7 Å². The average molecular weight is 272 g/mol. The Labute approximate surface area is 106 Å². The quantitative estimate of drug-likeness (QED) is 0.823. The molecule has 2 rings (SSSR count). The molecule has 1 N–H and O–H groups in total. The van der Waals surface area contributed by atoms with Gasteiger partial charge in [-0.15, -0.1) is 0 Å². The van der Waals surface area contributed by atoms with Gasteiger partial charge >= 0.3 is 0 Å². The van der Waals surface area contributed by atoms with Crippen LogP contribution < -0.4 is 0 Å². The molecule has 1 heterocycles. The fourth-order valence-electron chi connectivity index (χ4n) is 1.81. The van der Waals surface area contributed by atoms with Crippen LogP contribution in [0.3, 0.4) is 0 Å². The minimum Gasteiger partial charge on any atom is -0.394 e. The second-order valence-electron chi connectivity index (χ2n) is 4.36. The van der Waals surface area contributed by atoms with Crippen molar-refractivity contribution in [3.63, 3.8) is 0 Å². The monoisotopic (exact) mass is 272 g/mol. The topological polar surface area (TPSA) is 72.8 Å². The number of hydrogen-bond donors (Lipinski definition) is 1. The number of aliphatic hydroxyl groups is 1. The lowest BCUT2D eigenvalue weighted by Gasteiger charge is -2.10. The van der Waals surface area contributed by atoms with Gasteiger partial charge in [0.2, 0.25) is 0 Å². The molecule has 5 nitrogen and oxygen atoms in total. The van der Waals surface area contributed by atoms with Crippen LogP contribution in [0.15, 0.2) is 29.2 Å². The normalized spacial score (nSPS) is 24.3. The van der Waals surface area contributed by atoms with Gasteiger partial charge in [-0.3, -0.25) is 4.18 Å². The van der Waals surface area contributed by atoms with Crippen LogP contribution in [0.5, 0.6) is 0 Å². The molecular weight excluding hydrogens is 256 g/mol. The van der Waals surface area contributed by atoms with Crippen molar-refractivity contribution in [1.82, 2.24) is 0 Å². The summed E-state index contributed by atoms with van der Waals surface area (Å²) in [6.07, 6.45) is -0.460. The summed E-state index contributed by atoms with van der Waals surface area (Å²) in [5.74, 6) is 0. The van der Waals surface area contributed by atoms with Crippen molar-refractivity contribution < 1.29 is 22.4 Å². The fraction of sp³-hybridized carbons (Fsp3) is 0.500. The lowest BCUT2D eigenvalue weighted by molar-refractivity contribution is 0.0537. The molecule has 2 unspecified atom stereocenters. The molecule has 0 spiro atoms. The van der Waals surface area contributed by atoms with Gasteiger partial charge in [-0.2, -0.15) is 8.42 Å². The Morgan fingerprint density at radius 1 is 1.39 bits per heavy atom. The Kier molecular flexibility index (Phi) is 4.01. The summed E-state index contributed by atoms with van der Waals surface area (Å²) in [6.45, 7) is 1.95. The lowest BCUT2D eigenvalue weighted by Crippen LogP contribution is -2.19. The van der Waals surface area contributed by atoms with E-state index < -0.39 is 16.2 Å². The molecule has 1 aromatic carbocycles. The van der Waals surface area contributed by atoms with Gasteiger partial charge < -0.3 is 9.84 Å². The maximum atomic E-state index is 12.0. The molecular formula is C12H16O5S. The first-order valence-corrected chi connectivity index (χ1v) is 7.14. The zero-order valence-electron chi connectivity index (χ0n) is 10.1. The number of rotatable bonds is 4. The van der Waals surface area contributed by atoms with Crippen molar-refractivity contribution in [2.75, 3.05) is 13.2 Å². The molecule has 1 aliphatic rings. The van der Waals surface area contributed by atoms with Gasteiger partial charge in [0.1, 0.15) is 6.10 Å². The smallest absolute Gasteiger partial charge is 0.297 e. The summed E-state index contributed by atoms with van der Waals surface area (Å²) in [4.78, 5) is 0.139. The van der Waals surface area contributed by atoms with Gasteiger partial charge in [0.25, 0.3) is 10.1 Å². The van der Waals surface area contributed by atoms with Gasteiger partial charge in [0.05, 0.1) is 24.2 Å². The molecule has 18 heavy (non-hydrogen) atoms. The Morgan fingerprint density at radius 2 is 2.06 bits per heavy atom. The summed E-state index contributed by atoms with van der Waals surface area (Å²) < 4.78 is 34.2. The third-order valence-electron chi connectivity index (χ3n) is 2.82. The van der Waals surface area contributed by atoms with E-state index in [0.717, 1.165) is 5.56 Å². The number of aliphatic hydroxyl groups excluding tert-OH is 1. The Morgan fingerprint density at radius 3 is 2.61 bits per heavy atom. The Bertz CT molecular complexity index is 494. The summed E-state index contributed by atoms with van der Waals surface area (Å²) in [5.41, 5.74) is 0.985. The summed E-state index contributed by atoms with van der Waals surface area (Å²) in [5, 5.41) is 8.90. The molecule has 2 atom stereocenters. The summed E-state index contributed by atoms with van der Waals surface area (Å²) in [7, 11) is -3.75. The van der Waals surface area contributed by atoms with Crippen LogP contribution >= 0.6 is 0 Å². The lowest BCUT2D eigenvalue weighted by atomic mass is 10.2. The van der Waals surface area contributed by atoms with Crippen molar-refractivity contribution in [2.45, 2.75) is 30.4 Å². The Hall–Kier alpha value is -0.950. The third-order valence-corrected chi connectivity index (χ3v) is 4.19. The zero-order valence-corrected chi connectivity index (χ0v) is 10.9. The van der Waals surface area contributed by atoms with Crippen molar-refractivity contribution >= 4 is 10.1 Å². The van der Waals surface area contributed by atoms with E-state index in [-0.39, 0.29) is 24.2 Å². The van der Waals surface area contributed by atoms with Gasteiger partial charge in [-0.05, 0) is 19.1 Å². The molecule has 0 aliphatic carbocycles.